The first-order valence-corrected chi connectivity index (χ1v) is 26.6. The van der Waals surface area contributed by atoms with Crippen molar-refractivity contribution in [3.63, 3.8) is 0 Å². The third kappa shape index (κ3) is 6.33. The van der Waals surface area contributed by atoms with Crippen molar-refractivity contribution in [2.75, 3.05) is 0 Å². The fraction of sp³-hybridized carbons (Fsp3) is 0. The molecule has 0 amide bonds. The number of furan rings is 1. The highest BCUT2D eigenvalue weighted by Gasteiger charge is 2.29. The van der Waals surface area contributed by atoms with E-state index in [1.165, 1.54) is 136 Å². The van der Waals surface area contributed by atoms with Crippen molar-refractivity contribution in [2.45, 2.75) is 0 Å². The average Bonchev–Trinajstić information content (AvgIpc) is 4.09. The Balaban J connectivity index is 1.13. The Hall–Kier alpha value is -6.69. The summed E-state index contributed by atoms with van der Waals surface area (Å²) in [5.41, 5.74) is 30.6. The summed E-state index contributed by atoms with van der Waals surface area (Å²) in [6.07, 6.45) is 0. The molecule has 13 rings (SSSR count). The van der Waals surface area contributed by atoms with Crippen LogP contribution in [0.25, 0.3) is 125 Å². The SMILES string of the molecule is Bc1c(B)c(-n2c3c(B)c(B)c(B)c(B)c3c3c(B)c(B)c4c(B)c(B)c(B)c(B)c4c32)c(B)c(B)c1-c1cc(-c2nc(-c3ccc4ccccc4c3)c3sc4ccccc4c3n2)c2c(c1)oc1ccccc12. The van der Waals surface area contributed by atoms with Gasteiger partial charge in [-0.2, -0.15) is 0 Å². The molecule has 19 heteroatoms. The second-order valence-electron chi connectivity index (χ2n) is 21.2. The number of rotatable bonds is 4. The van der Waals surface area contributed by atoms with Crippen LogP contribution in [-0.4, -0.2) is 124 Å². The number of hydrogen-bond acceptors (Lipinski definition) is 4. The van der Waals surface area contributed by atoms with Crippen LogP contribution in [0.4, 0.5) is 0 Å². The van der Waals surface area contributed by atoms with Gasteiger partial charge in [0.05, 0.1) is 21.4 Å². The summed E-state index contributed by atoms with van der Waals surface area (Å²) < 4.78 is 11.9. The molecule has 0 saturated heterocycles. The van der Waals surface area contributed by atoms with Crippen molar-refractivity contribution in [3.8, 4) is 39.5 Å². The van der Waals surface area contributed by atoms with Crippen LogP contribution in [0.5, 0.6) is 0 Å². The number of aromatic nitrogens is 3. The Morgan fingerprint density at radius 1 is 0.411 bits per heavy atom. The summed E-state index contributed by atoms with van der Waals surface area (Å²) in [4.78, 5) is 11.2. The number of benzene rings is 9. The van der Waals surface area contributed by atoms with Gasteiger partial charge in [0.1, 0.15) is 121 Å². The molecule has 9 aromatic carbocycles. The summed E-state index contributed by atoms with van der Waals surface area (Å²) in [5, 5.41) is 11.1. The maximum Gasteiger partial charge on any atom is 0.161 e. The van der Waals surface area contributed by atoms with E-state index in [2.05, 4.69) is 218 Å². The van der Waals surface area contributed by atoms with Crippen LogP contribution in [0.2, 0.25) is 0 Å². The minimum Gasteiger partial charge on any atom is -0.456 e. The minimum absolute atomic E-state index is 0.688. The quantitative estimate of drug-likeness (QED) is 0.165. The van der Waals surface area contributed by atoms with Crippen LogP contribution in [0.3, 0.4) is 0 Å². The normalized spacial score (nSPS) is 12.1. The van der Waals surface area contributed by atoms with Gasteiger partial charge >= 0.3 is 0 Å². The lowest BCUT2D eigenvalue weighted by Crippen LogP contribution is -2.50. The fourth-order valence-corrected chi connectivity index (χ4v) is 14.1. The molecule has 0 atom stereocenters. The number of para-hydroxylation sites is 1. The van der Waals surface area contributed by atoms with Crippen molar-refractivity contribution in [1.29, 1.82) is 0 Å². The summed E-state index contributed by atoms with van der Waals surface area (Å²) in [5.74, 6) is 0.688. The predicted molar refractivity (Wildman–Crippen MR) is 362 cm³/mol. The molecule has 4 nitrogen and oxygen atoms in total. The average molecular weight is 935 g/mol. The fourth-order valence-electron chi connectivity index (χ4n) is 13.0. The van der Waals surface area contributed by atoms with Crippen molar-refractivity contribution < 1.29 is 4.42 Å². The van der Waals surface area contributed by atoms with E-state index in [0.29, 0.717) is 5.82 Å². The Labute approximate surface area is 442 Å². The van der Waals surface area contributed by atoms with Gasteiger partial charge in [-0.05, 0) is 68.4 Å². The van der Waals surface area contributed by atoms with Crippen molar-refractivity contribution in [3.05, 3.63) is 103 Å². The third-order valence-corrected chi connectivity index (χ3v) is 19.1. The molecule has 0 radical (unpaired) electrons. The highest BCUT2D eigenvalue weighted by atomic mass is 32.1. The molecule has 4 aromatic heterocycles. The highest BCUT2D eigenvalue weighted by Crippen LogP contribution is 2.43. The van der Waals surface area contributed by atoms with E-state index in [-0.39, 0.29) is 0 Å². The molecule has 73 heavy (non-hydrogen) atoms. The van der Waals surface area contributed by atoms with Gasteiger partial charge in [-0.25, -0.2) is 9.97 Å². The molecule has 0 bridgehead atoms. The summed E-state index contributed by atoms with van der Waals surface area (Å²) in [6.45, 7) is 0. The maximum absolute atomic E-state index is 6.89. The van der Waals surface area contributed by atoms with Gasteiger partial charge in [0.2, 0.25) is 0 Å². The highest BCUT2D eigenvalue weighted by molar-refractivity contribution is 7.26. The third-order valence-electron chi connectivity index (χ3n) is 17.9. The molecule has 330 valence electrons. The van der Waals surface area contributed by atoms with Crippen LogP contribution in [0.15, 0.2) is 108 Å². The second kappa shape index (κ2) is 16.4. The van der Waals surface area contributed by atoms with Crippen LogP contribution < -0.4 is 76.5 Å². The Morgan fingerprint density at radius 2 is 0.973 bits per heavy atom. The van der Waals surface area contributed by atoms with Crippen LogP contribution >= 0.6 is 11.3 Å². The van der Waals surface area contributed by atoms with E-state index >= 15 is 0 Å². The van der Waals surface area contributed by atoms with E-state index in [4.69, 9.17) is 14.4 Å². The first-order chi connectivity index (χ1) is 35.1. The Bertz CT molecular complexity index is 4670. The van der Waals surface area contributed by atoms with E-state index in [1.54, 1.807) is 11.3 Å². The lowest BCUT2D eigenvalue weighted by molar-refractivity contribution is 0.669. The van der Waals surface area contributed by atoms with Gasteiger partial charge in [-0.3, -0.25) is 0 Å². The first kappa shape index (κ1) is 46.1. The van der Waals surface area contributed by atoms with E-state index < -0.39 is 0 Å². The van der Waals surface area contributed by atoms with Gasteiger partial charge in [-0.1, -0.05) is 133 Å². The second-order valence-corrected chi connectivity index (χ2v) is 22.3. The Morgan fingerprint density at radius 3 is 1.68 bits per heavy atom. The van der Waals surface area contributed by atoms with Gasteiger partial charge in [0, 0.05) is 48.6 Å². The van der Waals surface area contributed by atoms with E-state index in [9.17, 15) is 0 Å². The zero-order valence-electron chi connectivity index (χ0n) is 44.5. The molecule has 0 N–H and O–H groups in total. The number of hydrogen-bond donors (Lipinski definition) is 0. The van der Waals surface area contributed by atoms with Gasteiger partial charge in [0.25, 0.3) is 0 Å². The molecule has 0 fully saturated rings. The molecule has 0 saturated carbocycles. The maximum atomic E-state index is 6.89. The lowest BCUT2D eigenvalue weighted by atomic mass is 9.61. The monoisotopic (exact) mass is 937 g/mol. The zero-order chi connectivity index (χ0) is 50.8. The molecule has 0 spiro atoms. The predicted octanol–water partition coefficient (Wildman–Crippen LogP) is -9.23. The van der Waals surface area contributed by atoms with Crippen molar-refractivity contribution in [1.82, 2.24) is 14.5 Å². The van der Waals surface area contributed by atoms with Crippen LogP contribution in [0.1, 0.15) is 0 Å². The molecule has 13 aromatic rings. The first-order valence-electron chi connectivity index (χ1n) is 25.8. The van der Waals surface area contributed by atoms with Crippen molar-refractivity contribution in [2.24, 2.45) is 0 Å². The smallest absolute Gasteiger partial charge is 0.161 e. The summed E-state index contributed by atoms with van der Waals surface area (Å²) >= 11 is 1.77. The summed E-state index contributed by atoms with van der Waals surface area (Å²) in [6, 6.07) is 37.0. The molecular formula is C54H45B14N3OS. The topological polar surface area (TPSA) is 43.9 Å². The number of fused-ring (bicyclic) bond motifs is 12. The molecule has 0 aliphatic carbocycles. The summed E-state index contributed by atoms with van der Waals surface area (Å²) in [7, 11) is 32.7. The molecular weight excluding hydrogens is 890 g/mol. The zero-order valence-corrected chi connectivity index (χ0v) is 45.3. The molecule has 0 aliphatic rings. The van der Waals surface area contributed by atoms with Crippen LogP contribution in [0, 0.1) is 0 Å². The largest absolute Gasteiger partial charge is 0.456 e. The van der Waals surface area contributed by atoms with E-state index in [1.807, 2.05) is 0 Å². The molecule has 0 unspecified atom stereocenters. The standard InChI is InChI=1S/C54H45B14N3OS/c55-34-28(35(56)46(67)52(45(34)66)71-50-31-30(37(58)41(62)42(63)39(31)60)36(57)38(59)32(50)33-40(61)43(64)44(65)47(68)51(33)71)21-16-24(29-22-9-3-5-11-25(22)72-26(29)17-21)54-69-48(20-14-13-18-7-1-2-8-19(18)15-20)53-49(70-54)23-10-4-6-12-27(23)73-53/h1-17H,55-68H2. The lowest BCUT2D eigenvalue weighted by Gasteiger charge is -2.26. The van der Waals surface area contributed by atoms with Gasteiger partial charge < -0.3 is 8.98 Å². The van der Waals surface area contributed by atoms with E-state index in [0.717, 1.165) is 59.9 Å². The Kier molecular flexibility index (Phi) is 10.4. The number of nitrogens with zero attached hydrogens (tertiary/aromatic N) is 3. The molecule has 4 heterocycles. The minimum atomic E-state index is 0.688. The van der Waals surface area contributed by atoms with Crippen LogP contribution in [-0.2, 0) is 0 Å². The number of thiophene rings is 1. The van der Waals surface area contributed by atoms with Gasteiger partial charge in [0.15, 0.2) is 5.82 Å². The molecule has 0 aliphatic heterocycles. The van der Waals surface area contributed by atoms with Crippen molar-refractivity contribution >= 4 is 283 Å². The van der Waals surface area contributed by atoms with Gasteiger partial charge in [-0.15, -0.1) is 27.7 Å².